The Bertz CT molecular complexity index is 558. The van der Waals surface area contributed by atoms with Gasteiger partial charge in [-0.2, -0.15) is 0 Å². The molecule has 1 amide bonds. The third-order valence-corrected chi connectivity index (χ3v) is 4.41. The molecular formula is C16H24N2O3. The van der Waals surface area contributed by atoms with Gasteiger partial charge in [-0.1, -0.05) is 19.0 Å². The van der Waals surface area contributed by atoms with E-state index in [-0.39, 0.29) is 11.5 Å². The zero-order valence-electron chi connectivity index (χ0n) is 13.5. The van der Waals surface area contributed by atoms with Crippen molar-refractivity contribution in [3.8, 4) is 0 Å². The normalized spacial score (nSPS) is 27.9. The molecular weight excluding hydrogens is 268 g/mol. The van der Waals surface area contributed by atoms with Crippen molar-refractivity contribution in [1.82, 2.24) is 10.1 Å². The van der Waals surface area contributed by atoms with Crippen molar-refractivity contribution in [3.63, 3.8) is 0 Å². The topological polar surface area (TPSA) is 55.6 Å². The standard InChI is InChI=1S/C16H24N2O3/c1-10(2)12-6-13(17-21-12)16-7-11(16)8-18(9-16)14(19)20-15(3,4)5/h6,10-11H,7-9H2,1-5H3. The van der Waals surface area contributed by atoms with Crippen molar-refractivity contribution in [2.24, 2.45) is 5.92 Å². The highest BCUT2D eigenvalue weighted by Gasteiger charge is 2.63. The first kappa shape index (κ1) is 14.4. The fourth-order valence-electron chi connectivity index (χ4n) is 3.14. The Morgan fingerprint density at radius 2 is 2.24 bits per heavy atom. The quantitative estimate of drug-likeness (QED) is 0.839. The molecule has 0 spiro atoms. The lowest BCUT2D eigenvalue weighted by Gasteiger charge is -2.26. The number of piperidine rings is 1. The Balaban J connectivity index is 1.70. The van der Waals surface area contributed by atoms with Crippen molar-refractivity contribution >= 4 is 6.09 Å². The molecule has 2 heterocycles. The summed E-state index contributed by atoms with van der Waals surface area (Å²) >= 11 is 0. The number of hydrogen-bond donors (Lipinski definition) is 0. The van der Waals surface area contributed by atoms with Gasteiger partial charge in [0, 0.05) is 30.5 Å². The third kappa shape index (κ3) is 2.54. The fraction of sp³-hybridized carbons (Fsp3) is 0.750. The molecule has 0 N–H and O–H groups in total. The van der Waals surface area contributed by atoms with Crippen LogP contribution in [0.25, 0.3) is 0 Å². The van der Waals surface area contributed by atoms with Crippen LogP contribution in [0.1, 0.15) is 58.4 Å². The first-order chi connectivity index (χ1) is 9.71. The molecule has 0 radical (unpaired) electrons. The van der Waals surface area contributed by atoms with Crippen molar-refractivity contribution in [3.05, 3.63) is 17.5 Å². The summed E-state index contributed by atoms with van der Waals surface area (Å²) in [4.78, 5) is 14.0. The number of amides is 1. The predicted molar refractivity (Wildman–Crippen MR) is 78.2 cm³/mol. The molecule has 5 heteroatoms. The van der Waals surface area contributed by atoms with Gasteiger partial charge in [0.1, 0.15) is 11.4 Å². The number of carbonyl (C=O) groups excluding carboxylic acids is 1. The van der Waals surface area contributed by atoms with Crippen molar-refractivity contribution in [2.75, 3.05) is 13.1 Å². The van der Waals surface area contributed by atoms with Crippen LogP contribution in [0, 0.1) is 5.92 Å². The summed E-state index contributed by atoms with van der Waals surface area (Å²) in [6.07, 6.45) is 0.873. The fourth-order valence-corrected chi connectivity index (χ4v) is 3.14. The van der Waals surface area contributed by atoms with E-state index in [1.807, 2.05) is 25.7 Å². The molecule has 116 valence electrons. The lowest BCUT2D eigenvalue weighted by atomic mass is 10.00. The second kappa shape index (κ2) is 4.49. The lowest BCUT2D eigenvalue weighted by Crippen LogP contribution is -2.37. The van der Waals surface area contributed by atoms with Crippen molar-refractivity contribution in [1.29, 1.82) is 0 Å². The maximum Gasteiger partial charge on any atom is 0.410 e. The van der Waals surface area contributed by atoms with E-state index in [9.17, 15) is 4.79 Å². The van der Waals surface area contributed by atoms with Crippen LogP contribution < -0.4 is 0 Å². The summed E-state index contributed by atoms with van der Waals surface area (Å²) in [5.41, 5.74) is 0.561. The molecule has 0 bridgehead atoms. The molecule has 21 heavy (non-hydrogen) atoms. The zero-order chi connectivity index (χ0) is 15.4. The number of likely N-dealkylation sites (tertiary alicyclic amines) is 1. The van der Waals surface area contributed by atoms with Gasteiger partial charge in [-0.3, -0.25) is 0 Å². The summed E-state index contributed by atoms with van der Waals surface area (Å²) in [5, 5.41) is 4.25. The van der Waals surface area contributed by atoms with E-state index < -0.39 is 5.60 Å². The summed E-state index contributed by atoms with van der Waals surface area (Å²) in [6, 6.07) is 2.06. The number of hydrogen-bond acceptors (Lipinski definition) is 4. The molecule has 2 aliphatic rings. The highest BCUT2D eigenvalue weighted by molar-refractivity contribution is 5.69. The molecule has 1 saturated carbocycles. The Labute approximate surface area is 125 Å². The van der Waals surface area contributed by atoms with Gasteiger partial charge in [0.25, 0.3) is 0 Å². The number of carbonyl (C=O) groups is 1. The van der Waals surface area contributed by atoms with Gasteiger partial charge >= 0.3 is 6.09 Å². The van der Waals surface area contributed by atoms with Gasteiger partial charge in [0.2, 0.25) is 0 Å². The Kier molecular flexibility index (Phi) is 3.08. The average molecular weight is 292 g/mol. The van der Waals surface area contributed by atoms with Gasteiger partial charge in [0.15, 0.2) is 0 Å². The Hall–Kier alpha value is -1.52. The van der Waals surface area contributed by atoms with Crippen LogP contribution >= 0.6 is 0 Å². The average Bonchev–Trinajstić information content (AvgIpc) is 2.80. The van der Waals surface area contributed by atoms with Gasteiger partial charge in [-0.05, 0) is 33.1 Å². The molecule has 2 unspecified atom stereocenters. The van der Waals surface area contributed by atoms with Crippen molar-refractivity contribution in [2.45, 2.75) is 58.0 Å². The monoisotopic (exact) mass is 292 g/mol. The Morgan fingerprint density at radius 3 is 2.81 bits per heavy atom. The summed E-state index contributed by atoms with van der Waals surface area (Å²) in [6.45, 7) is 11.3. The van der Waals surface area contributed by atoms with E-state index in [4.69, 9.17) is 9.26 Å². The highest BCUT2D eigenvalue weighted by atomic mass is 16.6. The Morgan fingerprint density at radius 1 is 1.52 bits per heavy atom. The number of ether oxygens (including phenoxy) is 1. The molecule has 1 aliphatic carbocycles. The number of fused-ring (bicyclic) bond motifs is 1. The predicted octanol–water partition coefficient (Wildman–Crippen LogP) is 3.31. The first-order valence-electron chi connectivity index (χ1n) is 7.66. The molecule has 1 aromatic rings. The minimum absolute atomic E-state index is 0.00748. The van der Waals surface area contributed by atoms with Crippen LogP contribution in [0.2, 0.25) is 0 Å². The zero-order valence-corrected chi connectivity index (χ0v) is 13.5. The van der Waals surface area contributed by atoms with E-state index in [1.165, 1.54) is 0 Å². The van der Waals surface area contributed by atoms with E-state index >= 15 is 0 Å². The second-order valence-corrected chi connectivity index (χ2v) is 7.69. The number of rotatable bonds is 2. The molecule has 1 aliphatic heterocycles. The SMILES string of the molecule is CC(C)c1cc(C23CC2CN(C(=O)OC(C)(C)C)C3)no1. The lowest BCUT2D eigenvalue weighted by molar-refractivity contribution is 0.0269. The van der Waals surface area contributed by atoms with Gasteiger partial charge in [0.05, 0.1) is 5.69 Å². The third-order valence-electron chi connectivity index (χ3n) is 4.41. The molecule has 2 atom stereocenters. The highest BCUT2D eigenvalue weighted by Crippen LogP contribution is 2.58. The number of nitrogens with zero attached hydrogens (tertiary/aromatic N) is 2. The second-order valence-electron chi connectivity index (χ2n) is 7.69. The minimum atomic E-state index is -0.449. The molecule has 3 rings (SSSR count). The number of aromatic nitrogens is 1. The van der Waals surface area contributed by atoms with Crippen LogP contribution in [0.4, 0.5) is 4.79 Å². The van der Waals surface area contributed by atoms with Crippen LogP contribution in [0.3, 0.4) is 0 Å². The van der Waals surface area contributed by atoms with E-state index in [0.717, 1.165) is 24.4 Å². The first-order valence-corrected chi connectivity index (χ1v) is 7.66. The van der Waals surface area contributed by atoms with Gasteiger partial charge in [-0.15, -0.1) is 0 Å². The maximum atomic E-state index is 12.2. The largest absolute Gasteiger partial charge is 0.444 e. The van der Waals surface area contributed by atoms with Crippen LogP contribution in [-0.4, -0.2) is 34.8 Å². The molecule has 5 nitrogen and oxygen atoms in total. The summed E-state index contributed by atoms with van der Waals surface area (Å²) in [7, 11) is 0. The van der Waals surface area contributed by atoms with Crippen molar-refractivity contribution < 1.29 is 14.1 Å². The molecule has 0 aromatic carbocycles. The van der Waals surface area contributed by atoms with E-state index in [2.05, 4.69) is 25.1 Å². The molecule has 1 saturated heterocycles. The maximum absolute atomic E-state index is 12.2. The molecule has 1 aromatic heterocycles. The van der Waals surface area contributed by atoms with Gasteiger partial charge in [-0.25, -0.2) is 4.79 Å². The smallest absolute Gasteiger partial charge is 0.410 e. The van der Waals surface area contributed by atoms with E-state index in [1.54, 1.807) is 0 Å². The summed E-state index contributed by atoms with van der Waals surface area (Å²) < 4.78 is 10.9. The van der Waals surface area contributed by atoms with E-state index in [0.29, 0.717) is 18.4 Å². The van der Waals surface area contributed by atoms with Crippen LogP contribution in [0.5, 0.6) is 0 Å². The summed E-state index contributed by atoms with van der Waals surface area (Å²) in [5.74, 6) is 1.75. The van der Waals surface area contributed by atoms with Crippen LogP contribution in [0.15, 0.2) is 10.6 Å². The van der Waals surface area contributed by atoms with Crippen LogP contribution in [-0.2, 0) is 10.2 Å². The molecule has 2 fully saturated rings. The van der Waals surface area contributed by atoms with Gasteiger partial charge < -0.3 is 14.2 Å². The minimum Gasteiger partial charge on any atom is -0.444 e.